The lowest BCUT2D eigenvalue weighted by molar-refractivity contribution is 1.08. The lowest BCUT2D eigenvalue weighted by Gasteiger charge is -2.10. The van der Waals surface area contributed by atoms with Crippen molar-refractivity contribution in [3.8, 4) is 22.3 Å². The monoisotopic (exact) mass is 399 g/mol. The molecule has 126 valence electrons. The van der Waals surface area contributed by atoms with Crippen molar-refractivity contribution in [1.29, 1.82) is 0 Å². The first-order valence-electron chi connectivity index (χ1n) is 8.91. The molecule has 1 fully saturated rings. The number of halogens is 1. The van der Waals surface area contributed by atoms with E-state index in [-0.39, 0.29) is 0 Å². The first-order chi connectivity index (χ1) is 12.8. The number of nitrogens with one attached hydrogen (secondary N) is 1. The minimum atomic E-state index is 0.566. The van der Waals surface area contributed by atoms with Gasteiger partial charge in [-0.15, -0.1) is 0 Å². The SMILES string of the molecule is Brc1c(-c2ccc(-c3ccc(C4CN4)cc3)cc2)ccc2ccccc12. The third-order valence-electron chi connectivity index (χ3n) is 5.11. The molecule has 1 N–H and O–H groups in total. The molecule has 1 atom stereocenters. The Kier molecular flexibility index (Phi) is 3.88. The van der Waals surface area contributed by atoms with Gasteiger partial charge in [0.2, 0.25) is 0 Å². The van der Waals surface area contributed by atoms with Crippen LogP contribution in [0.1, 0.15) is 11.6 Å². The predicted octanol–water partition coefficient (Wildman–Crippen LogP) is 6.58. The lowest BCUT2D eigenvalue weighted by Crippen LogP contribution is -1.86. The van der Waals surface area contributed by atoms with E-state index in [1.807, 2.05) is 0 Å². The second-order valence-corrected chi connectivity index (χ2v) is 7.60. The van der Waals surface area contributed by atoms with Crippen molar-refractivity contribution in [2.75, 3.05) is 6.54 Å². The van der Waals surface area contributed by atoms with Crippen LogP contribution in [0.3, 0.4) is 0 Å². The van der Waals surface area contributed by atoms with Crippen LogP contribution in [-0.2, 0) is 0 Å². The zero-order chi connectivity index (χ0) is 17.5. The summed E-state index contributed by atoms with van der Waals surface area (Å²) < 4.78 is 1.16. The van der Waals surface area contributed by atoms with E-state index >= 15 is 0 Å². The molecule has 0 aliphatic carbocycles. The van der Waals surface area contributed by atoms with Crippen LogP contribution in [0, 0.1) is 0 Å². The molecule has 0 radical (unpaired) electrons. The second kappa shape index (κ2) is 6.39. The average Bonchev–Trinajstić information content (AvgIpc) is 3.54. The van der Waals surface area contributed by atoms with Crippen LogP contribution in [0.25, 0.3) is 33.0 Å². The van der Waals surface area contributed by atoms with Crippen molar-refractivity contribution in [2.45, 2.75) is 6.04 Å². The van der Waals surface area contributed by atoms with Gasteiger partial charge in [0.05, 0.1) is 0 Å². The van der Waals surface area contributed by atoms with Gasteiger partial charge in [-0.1, -0.05) is 84.9 Å². The van der Waals surface area contributed by atoms with E-state index in [4.69, 9.17) is 0 Å². The molecule has 2 heteroatoms. The normalized spacial score (nSPS) is 16.0. The van der Waals surface area contributed by atoms with E-state index in [0.29, 0.717) is 6.04 Å². The van der Waals surface area contributed by atoms with E-state index < -0.39 is 0 Å². The third-order valence-corrected chi connectivity index (χ3v) is 5.97. The number of benzene rings is 4. The summed E-state index contributed by atoms with van der Waals surface area (Å²) >= 11 is 3.80. The van der Waals surface area contributed by atoms with E-state index in [1.54, 1.807) is 0 Å². The molecule has 1 aliphatic heterocycles. The molecule has 0 spiro atoms. The maximum Gasteiger partial charge on any atom is 0.0447 e. The average molecular weight is 400 g/mol. The van der Waals surface area contributed by atoms with Crippen molar-refractivity contribution >= 4 is 26.7 Å². The molecule has 26 heavy (non-hydrogen) atoms. The minimum absolute atomic E-state index is 0.566. The van der Waals surface area contributed by atoms with Crippen molar-refractivity contribution in [1.82, 2.24) is 5.32 Å². The van der Waals surface area contributed by atoms with Crippen molar-refractivity contribution < 1.29 is 0 Å². The zero-order valence-electron chi connectivity index (χ0n) is 14.2. The van der Waals surface area contributed by atoms with Gasteiger partial charge in [-0.25, -0.2) is 0 Å². The molecule has 1 heterocycles. The predicted molar refractivity (Wildman–Crippen MR) is 113 cm³/mol. The molecule has 0 bridgehead atoms. The Bertz CT molecular complexity index is 1080. The van der Waals surface area contributed by atoms with Crippen molar-refractivity contribution in [2.24, 2.45) is 0 Å². The van der Waals surface area contributed by atoms with Gasteiger partial charge in [0, 0.05) is 17.1 Å². The number of rotatable bonds is 3. The Labute approximate surface area is 161 Å². The lowest BCUT2D eigenvalue weighted by atomic mass is 9.97. The second-order valence-electron chi connectivity index (χ2n) is 6.81. The number of fused-ring (bicyclic) bond motifs is 1. The topological polar surface area (TPSA) is 21.9 Å². The summed E-state index contributed by atoms with van der Waals surface area (Å²) in [7, 11) is 0. The van der Waals surface area contributed by atoms with E-state index in [9.17, 15) is 0 Å². The van der Waals surface area contributed by atoms with Gasteiger partial charge >= 0.3 is 0 Å². The molecule has 1 saturated heterocycles. The maximum absolute atomic E-state index is 3.80. The highest BCUT2D eigenvalue weighted by atomic mass is 79.9. The molecule has 1 nitrogen and oxygen atoms in total. The van der Waals surface area contributed by atoms with Crippen LogP contribution in [-0.4, -0.2) is 6.54 Å². The molecule has 1 unspecified atom stereocenters. The standard InChI is InChI=1S/C24H18BrN/c25-24-21-4-2-1-3-18(21)13-14-22(24)19-9-5-16(6-10-19)17-7-11-20(12-8-17)23-15-26-23/h1-14,23,26H,15H2. The molecule has 4 aromatic rings. The Balaban J connectivity index is 1.49. The minimum Gasteiger partial charge on any atom is -0.307 e. The zero-order valence-corrected chi connectivity index (χ0v) is 15.8. The first-order valence-corrected chi connectivity index (χ1v) is 9.70. The number of hydrogen-bond acceptors (Lipinski definition) is 1. The smallest absolute Gasteiger partial charge is 0.0447 e. The first kappa shape index (κ1) is 15.8. The highest BCUT2D eigenvalue weighted by molar-refractivity contribution is 9.10. The van der Waals surface area contributed by atoms with Crippen LogP contribution in [0.4, 0.5) is 0 Å². The van der Waals surface area contributed by atoms with Gasteiger partial charge < -0.3 is 5.32 Å². The molecule has 0 saturated carbocycles. The van der Waals surface area contributed by atoms with Crippen molar-refractivity contribution in [3.63, 3.8) is 0 Å². The van der Waals surface area contributed by atoms with Gasteiger partial charge in [0.1, 0.15) is 0 Å². The van der Waals surface area contributed by atoms with Gasteiger partial charge in [0.15, 0.2) is 0 Å². The summed E-state index contributed by atoms with van der Waals surface area (Å²) in [5.41, 5.74) is 6.35. The van der Waals surface area contributed by atoms with Gasteiger partial charge in [-0.05, 0) is 54.5 Å². The van der Waals surface area contributed by atoms with Crippen LogP contribution in [0.15, 0.2) is 89.4 Å². The highest BCUT2D eigenvalue weighted by Gasteiger charge is 2.21. The van der Waals surface area contributed by atoms with E-state index in [0.717, 1.165) is 11.0 Å². The highest BCUT2D eigenvalue weighted by Crippen LogP contribution is 2.35. The fourth-order valence-electron chi connectivity index (χ4n) is 3.50. The Morgan fingerprint density at radius 3 is 2.00 bits per heavy atom. The van der Waals surface area contributed by atoms with Gasteiger partial charge in [-0.3, -0.25) is 0 Å². The van der Waals surface area contributed by atoms with Gasteiger partial charge in [-0.2, -0.15) is 0 Å². The van der Waals surface area contributed by atoms with E-state index in [1.165, 1.54) is 38.6 Å². The van der Waals surface area contributed by atoms with Crippen LogP contribution in [0.5, 0.6) is 0 Å². The Hall–Kier alpha value is -2.42. The summed E-state index contributed by atoms with van der Waals surface area (Å²) in [5, 5.41) is 5.85. The van der Waals surface area contributed by atoms with Crippen LogP contribution in [0.2, 0.25) is 0 Å². The molecule has 4 aromatic carbocycles. The molecular formula is C24H18BrN. The van der Waals surface area contributed by atoms with Gasteiger partial charge in [0.25, 0.3) is 0 Å². The molecule has 5 rings (SSSR count). The van der Waals surface area contributed by atoms with Crippen molar-refractivity contribution in [3.05, 3.63) is 95.0 Å². The molecule has 1 aliphatic rings. The summed E-state index contributed by atoms with van der Waals surface area (Å²) in [6, 6.07) is 31.2. The molecular weight excluding hydrogens is 382 g/mol. The summed E-state index contributed by atoms with van der Waals surface area (Å²) in [5.74, 6) is 0. The summed E-state index contributed by atoms with van der Waals surface area (Å²) in [6.07, 6.45) is 0. The summed E-state index contributed by atoms with van der Waals surface area (Å²) in [4.78, 5) is 0. The Morgan fingerprint density at radius 2 is 1.31 bits per heavy atom. The molecule has 0 aromatic heterocycles. The quantitative estimate of drug-likeness (QED) is 0.386. The van der Waals surface area contributed by atoms with Crippen LogP contribution < -0.4 is 5.32 Å². The summed E-state index contributed by atoms with van der Waals surface area (Å²) in [6.45, 7) is 1.11. The fourth-order valence-corrected chi connectivity index (χ4v) is 4.22. The molecule has 0 amide bonds. The van der Waals surface area contributed by atoms with Crippen LogP contribution >= 0.6 is 15.9 Å². The third kappa shape index (κ3) is 2.86. The van der Waals surface area contributed by atoms with E-state index in [2.05, 4.69) is 106 Å². The Morgan fingerprint density at radius 1 is 0.692 bits per heavy atom. The number of hydrogen-bond donors (Lipinski definition) is 1. The fraction of sp³-hybridized carbons (Fsp3) is 0.0833. The maximum atomic E-state index is 3.80. The largest absolute Gasteiger partial charge is 0.307 e.